The van der Waals surface area contributed by atoms with Gasteiger partial charge in [-0.3, -0.25) is 4.79 Å². The molecule has 0 radical (unpaired) electrons. The highest BCUT2D eigenvalue weighted by molar-refractivity contribution is 7.13. The molecule has 1 aromatic heterocycles. The van der Waals surface area contributed by atoms with Crippen LogP contribution in [0.3, 0.4) is 0 Å². The van der Waals surface area contributed by atoms with Gasteiger partial charge in [0.05, 0.1) is 10.7 Å². The number of carbonyl (C=O) groups is 2. The van der Waals surface area contributed by atoms with Crippen molar-refractivity contribution in [1.82, 2.24) is 4.98 Å². The smallest absolute Gasteiger partial charge is 0.358 e. The van der Waals surface area contributed by atoms with Crippen LogP contribution in [0.15, 0.2) is 53.9 Å². The van der Waals surface area contributed by atoms with E-state index in [-0.39, 0.29) is 5.69 Å². The normalized spacial score (nSPS) is 10.4. The molecule has 0 saturated heterocycles. The molecule has 0 saturated carbocycles. The number of hydrogen-bond acceptors (Lipinski definition) is 5. The van der Waals surface area contributed by atoms with Crippen molar-refractivity contribution >= 4 is 52.1 Å². The first-order valence-electron chi connectivity index (χ1n) is 7.46. The Labute approximate surface area is 163 Å². The van der Waals surface area contributed by atoms with Crippen LogP contribution in [0, 0.1) is 0 Å². The van der Waals surface area contributed by atoms with Gasteiger partial charge in [-0.2, -0.15) is 0 Å². The van der Waals surface area contributed by atoms with Crippen molar-refractivity contribution in [2.75, 3.05) is 11.9 Å². The predicted octanol–water partition coefficient (Wildman–Crippen LogP) is 4.91. The number of amides is 1. The van der Waals surface area contributed by atoms with Gasteiger partial charge < -0.3 is 10.1 Å². The number of thiazole rings is 1. The summed E-state index contributed by atoms with van der Waals surface area (Å²) in [5, 5.41) is 5.84. The number of carbonyl (C=O) groups excluding carboxylic acids is 2. The second kappa shape index (κ2) is 8.31. The Hall–Kier alpha value is -2.41. The molecule has 0 bridgehead atoms. The summed E-state index contributed by atoms with van der Waals surface area (Å²) in [6, 6.07) is 13.9. The molecule has 0 unspecified atom stereocenters. The summed E-state index contributed by atoms with van der Waals surface area (Å²) in [4.78, 5) is 28.2. The molecule has 0 fully saturated rings. The molecule has 1 amide bonds. The van der Waals surface area contributed by atoms with Crippen LogP contribution < -0.4 is 5.32 Å². The van der Waals surface area contributed by atoms with Gasteiger partial charge in [-0.25, -0.2) is 9.78 Å². The number of anilines is 1. The van der Waals surface area contributed by atoms with E-state index in [0.717, 1.165) is 5.56 Å². The molecule has 0 aliphatic carbocycles. The van der Waals surface area contributed by atoms with E-state index < -0.39 is 18.5 Å². The van der Waals surface area contributed by atoms with Gasteiger partial charge in [0.25, 0.3) is 5.91 Å². The molecule has 26 heavy (non-hydrogen) atoms. The van der Waals surface area contributed by atoms with Crippen LogP contribution in [0.5, 0.6) is 0 Å². The molecule has 0 aliphatic heterocycles. The largest absolute Gasteiger partial charge is 0.451 e. The fraction of sp³-hybridized carbons (Fsp3) is 0.0556. The van der Waals surface area contributed by atoms with Crippen molar-refractivity contribution in [2.24, 2.45) is 0 Å². The zero-order valence-electron chi connectivity index (χ0n) is 13.2. The Morgan fingerprint density at radius 2 is 1.81 bits per heavy atom. The Bertz CT molecular complexity index is 942. The number of halogens is 2. The number of aromatic nitrogens is 1. The number of nitrogens with zero attached hydrogens (tertiary/aromatic N) is 1. The SMILES string of the molecule is O=C(COC(=O)c1csc(-c2ccc(Cl)cc2)n1)Nc1ccccc1Cl. The molecule has 1 heterocycles. The van der Waals surface area contributed by atoms with E-state index in [9.17, 15) is 9.59 Å². The van der Waals surface area contributed by atoms with E-state index >= 15 is 0 Å². The van der Waals surface area contributed by atoms with Crippen LogP contribution in [0.4, 0.5) is 5.69 Å². The minimum absolute atomic E-state index is 0.144. The first kappa shape index (κ1) is 18.4. The topological polar surface area (TPSA) is 68.3 Å². The second-order valence-corrected chi connectivity index (χ2v) is 6.85. The number of esters is 1. The highest BCUT2D eigenvalue weighted by Gasteiger charge is 2.15. The molecular weight excluding hydrogens is 395 g/mol. The molecule has 2 aromatic carbocycles. The Balaban J connectivity index is 1.58. The van der Waals surface area contributed by atoms with E-state index in [2.05, 4.69) is 10.3 Å². The van der Waals surface area contributed by atoms with Gasteiger partial charge in [0.15, 0.2) is 12.3 Å². The zero-order chi connectivity index (χ0) is 18.5. The van der Waals surface area contributed by atoms with Crippen LogP contribution in [0.2, 0.25) is 10.0 Å². The van der Waals surface area contributed by atoms with Crippen molar-refractivity contribution in [1.29, 1.82) is 0 Å². The Kier molecular flexibility index (Phi) is 5.88. The molecule has 3 rings (SSSR count). The quantitative estimate of drug-likeness (QED) is 0.610. The lowest BCUT2D eigenvalue weighted by atomic mass is 10.2. The van der Waals surface area contributed by atoms with Crippen molar-refractivity contribution < 1.29 is 14.3 Å². The molecule has 1 N–H and O–H groups in total. The van der Waals surface area contributed by atoms with Crippen molar-refractivity contribution in [3.05, 3.63) is 69.7 Å². The average Bonchev–Trinajstić information content (AvgIpc) is 3.12. The van der Waals surface area contributed by atoms with E-state index in [0.29, 0.717) is 20.7 Å². The summed E-state index contributed by atoms with van der Waals surface area (Å²) in [7, 11) is 0. The number of para-hydroxylation sites is 1. The fourth-order valence-corrected chi connectivity index (χ4v) is 3.15. The molecule has 0 spiro atoms. The number of hydrogen-bond donors (Lipinski definition) is 1. The third-order valence-electron chi connectivity index (χ3n) is 3.29. The number of benzene rings is 2. The zero-order valence-corrected chi connectivity index (χ0v) is 15.6. The summed E-state index contributed by atoms with van der Waals surface area (Å²) in [5.74, 6) is -1.16. The van der Waals surface area contributed by atoms with Gasteiger partial charge >= 0.3 is 5.97 Å². The lowest BCUT2D eigenvalue weighted by Crippen LogP contribution is -2.21. The van der Waals surface area contributed by atoms with Gasteiger partial charge in [-0.1, -0.05) is 47.5 Å². The van der Waals surface area contributed by atoms with Crippen LogP contribution >= 0.6 is 34.5 Å². The van der Waals surface area contributed by atoms with Crippen molar-refractivity contribution in [3.8, 4) is 10.6 Å². The first-order valence-corrected chi connectivity index (χ1v) is 9.09. The lowest BCUT2D eigenvalue weighted by Gasteiger charge is -2.07. The van der Waals surface area contributed by atoms with Crippen molar-refractivity contribution in [3.63, 3.8) is 0 Å². The van der Waals surface area contributed by atoms with Crippen molar-refractivity contribution in [2.45, 2.75) is 0 Å². The molecular formula is C18H12Cl2N2O3S. The van der Waals surface area contributed by atoms with Crippen LogP contribution in [-0.4, -0.2) is 23.5 Å². The monoisotopic (exact) mass is 406 g/mol. The maximum Gasteiger partial charge on any atom is 0.358 e. The molecule has 5 nitrogen and oxygen atoms in total. The molecule has 132 valence electrons. The fourth-order valence-electron chi connectivity index (χ4n) is 2.05. The summed E-state index contributed by atoms with van der Waals surface area (Å²) in [6.45, 7) is -0.433. The predicted molar refractivity (Wildman–Crippen MR) is 103 cm³/mol. The minimum Gasteiger partial charge on any atom is -0.451 e. The average molecular weight is 407 g/mol. The lowest BCUT2D eigenvalue weighted by molar-refractivity contribution is -0.119. The third-order valence-corrected chi connectivity index (χ3v) is 4.76. The second-order valence-electron chi connectivity index (χ2n) is 5.15. The molecule has 3 aromatic rings. The van der Waals surface area contributed by atoms with Gasteiger partial charge in [0.1, 0.15) is 5.01 Å². The summed E-state index contributed by atoms with van der Waals surface area (Å²) < 4.78 is 5.00. The standard InChI is InChI=1S/C18H12Cl2N2O3S/c19-12-7-5-11(6-8-12)17-22-15(10-26-17)18(24)25-9-16(23)21-14-4-2-1-3-13(14)20/h1-8,10H,9H2,(H,21,23). The number of ether oxygens (including phenoxy) is 1. The summed E-state index contributed by atoms with van der Waals surface area (Å²) in [6.07, 6.45) is 0. The van der Waals surface area contributed by atoms with E-state index in [1.165, 1.54) is 11.3 Å². The maximum absolute atomic E-state index is 12.1. The third kappa shape index (κ3) is 4.60. The van der Waals surface area contributed by atoms with Gasteiger partial charge in [0, 0.05) is 16.0 Å². The van der Waals surface area contributed by atoms with Gasteiger partial charge in [-0.05, 0) is 24.3 Å². The van der Waals surface area contributed by atoms with E-state index in [1.54, 1.807) is 41.8 Å². The molecule has 0 aliphatic rings. The Morgan fingerprint density at radius 1 is 1.08 bits per heavy atom. The number of nitrogens with one attached hydrogen (secondary N) is 1. The minimum atomic E-state index is -0.671. The Morgan fingerprint density at radius 3 is 2.54 bits per heavy atom. The highest BCUT2D eigenvalue weighted by Crippen LogP contribution is 2.25. The van der Waals surface area contributed by atoms with Crippen LogP contribution in [0.25, 0.3) is 10.6 Å². The van der Waals surface area contributed by atoms with Gasteiger partial charge in [0.2, 0.25) is 0 Å². The van der Waals surface area contributed by atoms with E-state index in [4.69, 9.17) is 27.9 Å². The van der Waals surface area contributed by atoms with E-state index in [1.807, 2.05) is 12.1 Å². The van der Waals surface area contributed by atoms with Crippen LogP contribution in [0.1, 0.15) is 10.5 Å². The number of rotatable bonds is 5. The molecule has 8 heteroatoms. The summed E-state index contributed by atoms with van der Waals surface area (Å²) in [5.41, 5.74) is 1.44. The summed E-state index contributed by atoms with van der Waals surface area (Å²) >= 11 is 13.1. The van der Waals surface area contributed by atoms with Gasteiger partial charge in [-0.15, -0.1) is 11.3 Å². The van der Waals surface area contributed by atoms with Crippen LogP contribution in [-0.2, 0) is 9.53 Å². The maximum atomic E-state index is 12.1. The first-order chi connectivity index (χ1) is 12.5. The molecule has 0 atom stereocenters. The highest BCUT2D eigenvalue weighted by atomic mass is 35.5.